The molecule has 0 saturated carbocycles. The first-order chi connectivity index (χ1) is 6.40. The van der Waals surface area contributed by atoms with Gasteiger partial charge in [-0.25, -0.2) is 0 Å². The highest BCUT2D eigenvalue weighted by atomic mass is 16.5. The van der Waals surface area contributed by atoms with Crippen LogP contribution in [0.1, 0.15) is 5.69 Å². The van der Waals surface area contributed by atoms with E-state index in [2.05, 4.69) is 10.1 Å². The minimum Gasteiger partial charge on any atom is -0.355 e. The standard InChI is InChI=1S/C9H5N3O/c10-6-8-5-9(13-12-8)7-1-3-11-4-2-7/h1-5H. The molecular weight excluding hydrogens is 166 g/mol. The van der Waals surface area contributed by atoms with Crippen molar-refractivity contribution in [2.24, 2.45) is 0 Å². The Bertz CT molecular complexity index is 441. The van der Waals surface area contributed by atoms with Crippen LogP contribution < -0.4 is 0 Å². The molecule has 0 aromatic carbocycles. The minimum atomic E-state index is 0.284. The summed E-state index contributed by atoms with van der Waals surface area (Å²) in [4.78, 5) is 3.87. The van der Waals surface area contributed by atoms with Crippen molar-refractivity contribution in [1.29, 1.82) is 5.26 Å². The maximum atomic E-state index is 8.51. The topological polar surface area (TPSA) is 62.7 Å². The third-order valence-electron chi connectivity index (χ3n) is 1.59. The van der Waals surface area contributed by atoms with Crippen molar-refractivity contribution in [2.45, 2.75) is 0 Å². The number of hydrogen-bond donors (Lipinski definition) is 0. The molecule has 2 heterocycles. The number of pyridine rings is 1. The highest BCUT2D eigenvalue weighted by Gasteiger charge is 2.04. The Labute approximate surface area is 74.4 Å². The number of nitrogens with zero attached hydrogens (tertiary/aromatic N) is 3. The lowest BCUT2D eigenvalue weighted by molar-refractivity contribution is 0.430. The molecule has 0 amide bonds. The Morgan fingerprint density at radius 1 is 1.31 bits per heavy atom. The van der Waals surface area contributed by atoms with Crippen LogP contribution in [0.4, 0.5) is 0 Å². The predicted molar refractivity (Wildman–Crippen MR) is 44.4 cm³/mol. The second-order valence-corrected chi connectivity index (χ2v) is 2.42. The van der Waals surface area contributed by atoms with Crippen LogP contribution in [-0.4, -0.2) is 10.1 Å². The molecule has 0 unspecified atom stereocenters. The van der Waals surface area contributed by atoms with Gasteiger partial charge in [-0.3, -0.25) is 4.98 Å². The van der Waals surface area contributed by atoms with Gasteiger partial charge in [0.25, 0.3) is 0 Å². The SMILES string of the molecule is N#Cc1cc(-c2ccncc2)on1. The normalized spacial score (nSPS) is 9.46. The molecule has 4 nitrogen and oxygen atoms in total. The van der Waals surface area contributed by atoms with Crippen LogP contribution in [0.5, 0.6) is 0 Å². The highest BCUT2D eigenvalue weighted by Crippen LogP contribution is 2.18. The quantitative estimate of drug-likeness (QED) is 0.653. The molecule has 2 aromatic rings. The van der Waals surface area contributed by atoms with Gasteiger partial charge < -0.3 is 4.52 Å². The summed E-state index contributed by atoms with van der Waals surface area (Å²) in [5.74, 6) is 0.582. The molecule has 0 spiro atoms. The average molecular weight is 171 g/mol. The summed E-state index contributed by atoms with van der Waals surface area (Å²) in [6, 6.07) is 7.08. The van der Waals surface area contributed by atoms with Gasteiger partial charge in [0, 0.05) is 24.0 Å². The zero-order chi connectivity index (χ0) is 9.10. The molecule has 0 fully saturated rings. The van der Waals surface area contributed by atoms with Crippen molar-refractivity contribution in [2.75, 3.05) is 0 Å². The zero-order valence-electron chi connectivity index (χ0n) is 6.64. The Morgan fingerprint density at radius 2 is 2.08 bits per heavy atom. The average Bonchev–Trinajstić information content (AvgIpc) is 2.67. The van der Waals surface area contributed by atoms with Crippen LogP contribution >= 0.6 is 0 Å². The number of nitriles is 1. The summed E-state index contributed by atoms with van der Waals surface area (Å²) in [6.45, 7) is 0. The van der Waals surface area contributed by atoms with Gasteiger partial charge in [0.2, 0.25) is 0 Å². The number of rotatable bonds is 1. The molecule has 0 aliphatic rings. The maximum absolute atomic E-state index is 8.51. The smallest absolute Gasteiger partial charge is 0.184 e. The molecule has 0 aliphatic heterocycles. The Morgan fingerprint density at radius 3 is 2.69 bits per heavy atom. The van der Waals surface area contributed by atoms with Gasteiger partial charge >= 0.3 is 0 Å². The van der Waals surface area contributed by atoms with Gasteiger partial charge in [-0.15, -0.1) is 0 Å². The third-order valence-corrected chi connectivity index (χ3v) is 1.59. The summed E-state index contributed by atoms with van der Waals surface area (Å²) < 4.78 is 4.94. The Hall–Kier alpha value is -2.15. The van der Waals surface area contributed by atoms with Crippen LogP contribution in [0, 0.1) is 11.3 Å². The Kier molecular flexibility index (Phi) is 1.77. The Balaban J connectivity index is 2.43. The summed E-state index contributed by atoms with van der Waals surface area (Å²) in [6.07, 6.45) is 3.31. The van der Waals surface area contributed by atoms with Crippen LogP contribution in [0.3, 0.4) is 0 Å². The van der Waals surface area contributed by atoms with Gasteiger partial charge in [0.15, 0.2) is 11.5 Å². The minimum absolute atomic E-state index is 0.284. The van der Waals surface area contributed by atoms with Crippen LogP contribution in [0.25, 0.3) is 11.3 Å². The van der Waals surface area contributed by atoms with E-state index < -0.39 is 0 Å². The van der Waals surface area contributed by atoms with E-state index in [4.69, 9.17) is 9.78 Å². The van der Waals surface area contributed by atoms with Crippen molar-refractivity contribution in [3.05, 3.63) is 36.3 Å². The summed E-state index contributed by atoms with van der Waals surface area (Å²) in [7, 11) is 0. The maximum Gasteiger partial charge on any atom is 0.184 e. The van der Waals surface area contributed by atoms with Crippen LogP contribution in [0.15, 0.2) is 35.1 Å². The van der Waals surface area contributed by atoms with Crippen LogP contribution in [0.2, 0.25) is 0 Å². The third kappa shape index (κ3) is 1.40. The monoisotopic (exact) mass is 171 g/mol. The second kappa shape index (κ2) is 3.07. The van der Waals surface area contributed by atoms with Gasteiger partial charge in [-0.05, 0) is 12.1 Å². The van der Waals surface area contributed by atoms with Crippen molar-refractivity contribution in [1.82, 2.24) is 10.1 Å². The highest BCUT2D eigenvalue weighted by molar-refractivity contribution is 5.57. The fourth-order valence-corrected chi connectivity index (χ4v) is 0.980. The fraction of sp³-hybridized carbons (Fsp3) is 0. The van der Waals surface area contributed by atoms with Crippen molar-refractivity contribution >= 4 is 0 Å². The van der Waals surface area contributed by atoms with E-state index in [0.29, 0.717) is 5.76 Å². The molecule has 0 bridgehead atoms. The van der Waals surface area contributed by atoms with E-state index in [-0.39, 0.29) is 5.69 Å². The molecule has 0 radical (unpaired) electrons. The molecule has 62 valence electrons. The zero-order valence-corrected chi connectivity index (χ0v) is 6.64. The summed E-state index contributed by atoms with van der Waals surface area (Å²) in [5.41, 5.74) is 1.15. The predicted octanol–water partition coefficient (Wildman–Crippen LogP) is 1.61. The first-order valence-electron chi connectivity index (χ1n) is 3.67. The lowest BCUT2D eigenvalue weighted by atomic mass is 10.2. The lowest BCUT2D eigenvalue weighted by Crippen LogP contribution is -1.73. The molecule has 4 heteroatoms. The first-order valence-corrected chi connectivity index (χ1v) is 3.67. The van der Waals surface area contributed by atoms with Crippen molar-refractivity contribution < 1.29 is 4.52 Å². The molecule has 2 rings (SSSR count). The van der Waals surface area contributed by atoms with E-state index in [1.54, 1.807) is 30.6 Å². The van der Waals surface area contributed by atoms with Crippen molar-refractivity contribution in [3.63, 3.8) is 0 Å². The number of hydrogen-bond acceptors (Lipinski definition) is 4. The van der Waals surface area contributed by atoms with Crippen molar-refractivity contribution in [3.8, 4) is 17.4 Å². The van der Waals surface area contributed by atoms with E-state index in [0.717, 1.165) is 5.56 Å². The molecule has 0 N–H and O–H groups in total. The largest absolute Gasteiger partial charge is 0.355 e. The van der Waals surface area contributed by atoms with E-state index in [9.17, 15) is 0 Å². The molecule has 13 heavy (non-hydrogen) atoms. The molecule has 2 aromatic heterocycles. The molecular formula is C9H5N3O. The number of aromatic nitrogens is 2. The first kappa shape index (κ1) is 7.50. The van der Waals surface area contributed by atoms with E-state index >= 15 is 0 Å². The van der Waals surface area contributed by atoms with Gasteiger partial charge in [0.05, 0.1) is 0 Å². The lowest BCUT2D eigenvalue weighted by Gasteiger charge is -1.90. The van der Waals surface area contributed by atoms with Gasteiger partial charge in [-0.1, -0.05) is 5.16 Å². The fourth-order valence-electron chi connectivity index (χ4n) is 0.980. The molecule has 0 atom stereocenters. The van der Waals surface area contributed by atoms with Gasteiger partial charge in [0.1, 0.15) is 6.07 Å². The van der Waals surface area contributed by atoms with Gasteiger partial charge in [-0.2, -0.15) is 5.26 Å². The van der Waals surface area contributed by atoms with E-state index in [1.807, 2.05) is 6.07 Å². The molecule has 0 saturated heterocycles. The summed E-state index contributed by atoms with van der Waals surface area (Å²) >= 11 is 0. The van der Waals surface area contributed by atoms with Crippen LogP contribution in [-0.2, 0) is 0 Å². The second-order valence-electron chi connectivity index (χ2n) is 2.42. The summed E-state index contributed by atoms with van der Waals surface area (Å²) in [5, 5.41) is 12.1. The van der Waals surface area contributed by atoms with E-state index in [1.165, 1.54) is 0 Å². The molecule has 0 aliphatic carbocycles.